The van der Waals surface area contributed by atoms with E-state index in [2.05, 4.69) is 61.5 Å². The molecule has 0 aliphatic carbocycles. The molecule has 0 heteroatoms. The third kappa shape index (κ3) is 11.3. The average Bonchev–Trinajstić information content (AvgIpc) is 2.76. The van der Waals surface area contributed by atoms with Crippen LogP contribution >= 0.6 is 0 Å². The maximum atomic E-state index is 2.38. The zero-order valence-corrected chi connectivity index (χ0v) is 19.0. The van der Waals surface area contributed by atoms with Crippen LogP contribution in [0.2, 0.25) is 0 Å². The number of allylic oxidation sites excluding steroid dienone is 2. The third-order valence-electron chi connectivity index (χ3n) is 6.06. The molecule has 29 heavy (non-hydrogen) atoms. The summed E-state index contributed by atoms with van der Waals surface area (Å²) < 4.78 is 0. The molecule has 0 saturated carbocycles. The summed E-state index contributed by atoms with van der Waals surface area (Å²) >= 11 is 0. The van der Waals surface area contributed by atoms with Crippen molar-refractivity contribution in [1.82, 2.24) is 0 Å². The van der Waals surface area contributed by atoms with Gasteiger partial charge < -0.3 is 0 Å². The van der Waals surface area contributed by atoms with Crippen LogP contribution in [0.1, 0.15) is 109 Å². The molecule has 0 unspecified atom stereocenters. The SMILES string of the molecule is CCCCCCCCCCCCCCCC/C=C/Cc1ccc2ccccc2c1. The maximum absolute atomic E-state index is 2.38. The fraction of sp³-hybridized carbons (Fsp3) is 0.586. The van der Waals surface area contributed by atoms with Crippen molar-refractivity contribution in [3.63, 3.8) is 0 Å². The summed E-state index contributed by atoms with van der Waals surface area (Å²) in [6, 6.07) is 15.5. The Bertz CT molecular complexity index is 667. The van der Waals surface area contributed by atoms with Crippen molar-refractivity contribution in [2.75, 3.05) is 0 Å². The molecule has 2 rings (SSSR count). The monoisotopic (exact) mass is 392 g/mol. The van der Waals surface area contributed by atoms with Gasteiger partial charge in [-0.05, 0) is 35.6 Å². The Kier molecular flexibility index (Phi) is 13.3. The minimum absolute atomic E-state index is 1.06. The lowest BCUT2D eigenvalue weighted by atomic mass is 10.0. The van der Waals surface area contributed by atoms with E-state index in [1.807, 2.05) is 0 Å². The van der Waals surface area contributed by atoms with Gasteiger partial charge in [0.25, 0.3) is 0 Å². The van der Waals surface area contributed by atoms with E-state index < -0.39 is 0 Å². The quantitative estimate of drug-likeness (QED) is 0.185. The molecule has 0 fully saturated rings. The molecule has 2 aromatic rings. The number of fused-ring (bicyclic) bond motifs is 1. The molecule has 0 bridgehead atoms. The van der Waals surface area contributed by atoms with Crippen LogP contribution < -0.4 is 0 Å². The van der Waals surface area contributed by atoms with Crippen molar-refractivity contribution in [3.05, 3.63) is 60.2 Å². The van der Waals surface area contributed by atoms with E-state index >= 15 is 0 Å². The van der Waals surface area contributed by atoms with Crippen molar-refractivity contribution in [2.24, 2.45) is 0 Å². The van der Waals surface area contributed by atoms with Gasteiger partial charge in [0.15, 0.2) is 0 Å². The topological polar surface area (TPSA) is 0 Å². The van der Waals surface area contributed by atoms with Gasteiger partial charge in [-0.25, -0.2) is 0 Å². The molecule has 0 spiro atoms. The number of unbranched alkanes of at least 4 members (excludes halogenated alkanes) is 14. The summed E-state index contributed by atoms with van der Waals surface area (Å²) in [7, 11) is 0. The molecule has 0 aromatic heterocycles. The van der Waals surface area contributed by atoms with Crippen LogP contribution in [0.5, 0.6) is 0 Å². The molecule has 0 aliphatic heterocycles. The highest BCUT2D eigenvalue weighted by Crippen LogP contribution is 2.17. The van der Waals surface area contributed by atoms with Gasteiger partial charge in [-0.15, -0.1) is 0 Å². The van der Waals surface area contributed by atoms with E-state index in [0.29, 0.717) is 0 Å². The molecule has 0 amide bonds. The van der Waals surface area contributed by atoms with Crippen LogP contribution in [0.25, 0.3) is 10.8 Å². The van der Waals surface area contributed by atoms with Crippen molar-refractivity contribution < 1.29 is 0 Å². The summed E-state index contributed by atoms with van der Waals surface area (Å²) in [5.41, 5.74) is 1.42. The van der Waals surface area contributed by atoms with Gasteiger partial charge in [0, 0.05) is 0 Å². The summed E-state index contributed by atoms with van der Waals surface area (Å²) in [4.78, 5) is 0. The summed E-state index contributed by atoms with van der Waals surface area (Å²) in [5.74, 6) is 0. The Hall–Kier alpha value is -1.56. The highest BCUT2D eigenvalue weighted by Gasteiger charge is 1.95. The number of hydrogen-bond acceptors (Lipinski definition) is 0. The minimum atomic E-state index is 1.06. The van der Waals surface area contributed by atoms with E-state index in [1.54, 1.807) is 0 Å². The Balaban J connectivity index is 1.37. The van der Waals surface area contributed by atoms with E-state index in [4.69, 9.17) is 0 Å². The van der Waals surface area contributed by atoms with Gasteiger partial charge in [0.2, 0.25) is 0 Å². The zero-order chi connectivity index (χ0) is 20.4. The van der Waals surface area contributed by atoms with Gasteiger partial charge in [-0.1, -0.05) is 145 Å². The molecule has 0 radical (unpaired) electrons. The lowest BCUT2D eigenvalue weighted by Crippen LogP contribution is -1.83. The number of rotatable bonds is 17. The lowest BCUT2D eigenvalue weighted by molar-refractivity contribution is 0.536. The first-order valence-corrected chi connectivity index (χ1v) is 12.5. The predicted molar refractivity (Wildman–Crippen MR) is 132 cm³/mol. The van der Waals surface area contributed by atoms with Gasteiger partial charge in [0.05, 0.1) is 0 Å². The molecule has 0 aliphatic rings. The van der Waals surface area contributed by atoms with E-state index in [1.165, 1.54) is 113 Å². The summed E-state index contributed by atoms with van der Waals surface area (Å²) in [6.07, 6.45) is 27.1. The minimum Gasteiger partial charge on any atom is -0.0882 e. The Labute approximate surface area is 180 Å². The third-order valence-corrected chi connectivity index (χ3v) is 6.06. The molecular weight excluding hydrogens is 348 g/mol. The molecule has 0 N–H and O–H groups in total. The smallest absolute Gasteiger partial charge is 0.00972 e. The van der Waals surface area contributed by atoms with Crippen LogP contribution in [0.4, 0.5) is 0 Å². The van der Waals surface area contributed by atoms with E-state index in [-0.39, 0.29) is 0 Å². The second kappa shape index (κ2) is 16.3. The molecule has 0 heterocycles. The van der Waals surface area contributed by atoms with Crippen LogP contribution in [-0.2, 0) is 6.42 Å². The highest BCUT2D eigenvalue weighted by atomic mass is 14.0. The highest BCUT2D eigenvalue weighted by molar-refractivity contribution is 5.83. The Morgan fingerprint density at radius 2 is 1.10 bits per heavy atom. The Morgan fingerprint density at radius 3 is 1.72 bits per heavy atom. The van der Waals surface area contributed by atoms with Crippen LogP contribution in [0.3, 0.4) is 0 Å². The van der Waals surface area contributed by atoms with Crippen LogP contribution in [-0.4, -0.2) is 0 Å². The largest absolute Gasteiger partial charge is 0.0882 e. The first-order valence-electron chi connectivity index (χ1n) is 12.5. The summed E-state index contributed by atoms with van der Waals surface area (Å²) in [5, 5.41) is 2.69. The normalized spacial score (nSPS) is 11.6. The molecule has 0 saturated heterocycles. The van der Waals surface area contributed by atoms with Gasteiger partial charge in [-0.3, -0.25) is 0 Å². The van der Waals surface area contributed by atoms with Crippen molar-refractivity contribution in [1.29, 1.82) is 0 Å². The molecule has 0 nitrogen and oxygen atoms in total. The van der Waals surface area contributed by atoms with Gasteiger partial charge in [-0.2, -0.15) is 0 Å². The first-order chi connectivity index (χ1) is 14.4. The first kappa shape index (κ1) is 23.7. The standard InChI is InChI=1S/C29H44/c1-2-3-4-5-6-7-8-9-10-11-12-13-14-15-16-17-18-21-27-24-25-28-22-19-20-23-29(28)26-27/h17-20,22-26H,2-16,21H2,1H3/b18-17+. The van der Waals surface area contributed by atoms with Crippen molar-refractivity contribution >= 4 is 10.8 Å². The predicted octanol–water partition coefficient (Wildman–Crippen LogP) is 9.81. The maximum Gasteiger partial charge on any atom is -0.00972 e. The lowest BCUT2D eigenvalue weighted by Gasteiger charge is -2.03. The van der Waals surface area contributed by atoms with Crippen molar-refractivity contribution in [3.8, 4) is 0 Å². The van der Waals surface area contributed by atoms with Gasteiger partial charge in [0.1, 0.15) is 0 Å². The number of hydrogen-bond donors (Lipinski definition) is 0. The summed E-state index contributed by atoms with van der Waals surface area (Å²) in [6.45, 7) is 2.30. The second-order valence-corrected chi connectivity index (χ2v) is 8.74. The fourth-order valence-electron chi connectivity index (χ4n) is 4.16. The van der Waals surface area contributed by atoms with Gasteiger partial charge >= 0.3 is 0 Å². The van der Waals surface area contributed by atoms with Crippen LogP contribution in [0.15, 0.2) is 54.6 Å². The number of benzene rings is 2. The molecule has 160 valence electrons. The van der Waals surface area contributed by atoms with Crippen LogP contribution in [0, 0.1) is 0 Å². The van der Waals surface area contributed by atoms with Crippen molar-refractivity contribution in [2.45, 2.75) is 110 Å². The average molecular weight is 393 g/mol. The van der Waals surface area contributed by atoms with E-state index in [9.17, 15) is 0 Å². The Morgan fingerprint density at radius 1 is 0.552 bits per heavy atom. The zero-order valence-electron chi connectivity index (χ0n) is 19.0. The fourth-order valence-corrected chi connectivity index (χ4v) is 4.16. The van der Waals surface area contributed by atoms with E-state index in [0.717, 1.165) is 6.42 Å². The second-order valence-electron chi connectivity index (χ2n) is 8.74. The molecule has 2 aromatic carbocycles. The molecule has 0 atom stereocenters. The molecular formula is C29H44.